The maximum atomic E-state index is 13.2. The lowest BCUT2D eigenvalue weighted by molar-refractivity contribution is 0.0735. The van der Waals surface area contributed by atoms with Crippen LogP contribution < -0.4 is 5.69 Å². The highest BCUT2D eigenvalue weighted by molar-refractivity contribution is 7.18. The Morgan fingerprint density at radius 1 is 1.17 bits per heavy atom. The van der Waals surface area contributed by atoms with Crippen molar-refractivity contribution in [3.63, 3.8) is 0 Å². The second-order valence-corrected chi connectivity index (χ2v) is 8.36. The molecule has 2 aromatic heterocycles. The van der Waals surface area contributed by atoms with Crippen LogP contribution >= 0.6 is 11.3 Å². The molecular formula is C22H20N4O2S. The molecule has 1 aliphatic heterocycles. The molecule has 7 heteroatoms. The molecule has 0 radical (unpaired) electrons. The Morgan fingerprint density at radius 2 is 1.97 bits per heavy atom. The largest absolute Gasteiger partial charge is 0.330 e. The molecule has 1 fully saturated rings. The Hall–Kier alpha value is -3.19. The molecule has 0 saturated carbocycles. The van der Waals surface area contributed by atoms with Crippen LogP contribution in [-0.2, 0) is 0 Å². The normalized spacial score (nSPS) is 16.6. The number of nitrogens with zero attached hydrogens (tertiary/aromatic N) is 3. The Kier molecular flexibility index (Phi) is 4.32. The minimum absolute atomic E-state index is 0.0106. The molecule has 29 heavy (non-hydrogen) atoms. The third-order valence-corrected chi connectivity index (χ3v) is 6.58. The van der Waals surface area contributed by atoms with Gasteiger partial charge in [0.15, 0.2) is 0 Å². The lowest BCUT2D eigenvalue weighted by atomic mass is 10.1. The minimum atomic E-state index is -0.183. The summed E-state index contributed by atoms with van der Waals surface area (Å²) in [6.45, 7) is 2.60. The van der Waals surface area contributed by atoms with E-state index in [9.17, 15) is 9.59 Å². The van der Waals surface area contributed by atoms with Crippen LogP contribution in [-0.4, -0.2) is 31.9 Å². The van der Waals surface area contributed by atoms with Crippen LogP contribution in [0.25, 0.3) is 15.9 Å². The summed E-state index contributed by atoms with van der Waals surface area (Å²) in [5.41, 5.74) is 3.00. The molecule has 146 valence electrons. The summed E-state index contributed by atoms with van der Waals surface area (Å²) in [5.74, 6) is 0.0106. The van der Waals surface area contributed by atoms with Crippen molar-refractivity contribution in [2.75, 3.05) is 6.54 Å². The third-order valence-electron chi connectivity index (χ3n) is 5.44. The number of amides is 1. The predicted molar refractivity (Wildman–Crippen MR) is 114 cm³/mol. The van der Waals surface area contributed by atoms with Crippen LogP contribution in [0.1, 0.15) is 39.9 Å². The van der Waals surface area contributed by atoms with Crippen LogP contribution in [0.5, 0.6) is 0 Å². The first-order chi connectivity index (χ1) is 14.1. The number of aryl methyl sites for hydroxylation is 1. The number of carbonyl (C=O) groups excluding carboxylic acids is 1. The molecule has 1 unspecified atom stereocenters. The molecule has 1 aliphatic rings. The Labute approximate surface area is 171 Å². The minimum Gasteiger partial charge on any atom is -0.329 e. The number of hydrogen-bond donors (Lipinski definition) is 1. The van der Waals surface area contributed by atoms with E-state index in [4.69, 9.17) is 4.98 Å². The number of benzene rings is 2. The van der Waals surface area contributed by atoms with Crippen molar-refractivity contribution in [1.82, 2.24) is 19.4 Å². The molecule has 1 amide bonds. The monoisotopic (exact) mass is 404 g/mol. The van der Waals surface area contributed by atoms with E-state index in [1.165, 1.54) is 0 Å². The number of fused-ring (bicyclic) bond motifs is 1. The zero-order valence-electron chi connectivity index (χ0n) is 16.0. The van der Waals surface area contributed by atoms with Crippen LogP contribution in [0.4, 0.5) is 0 Å². The highest BCUT2D eigenvalue weighted by atomic mass is 32.1. The van der Waals surface area contributed by atoms with Crippen LogP contribution in [0.2, 0.25) is 0 Å². The lowest BCUT2D eigenvalue weighted by Crippen LogP contribution is -2.30. The second kappa shape index (κ2) is 7.00. The number of nitrogens with one attached hydrogen (secondary N) is 1. The third kappa shape index (κ3) is 3.07. The number of para-hydroxylation sites is 1. The van der Waals surface area contributed by atoms with E-state index in [1.54, 1.807) is 34.2 Å². The highest BCUT2D eigenvalue weighted by Crippen LogP contribution is 2.37. The van der Waals surface area contributed by atoms with E-state index in [0.717, 1.165) is 46.0 Å². The number of likely N-dealkylation sites (tertiary alicyclic amines) is 1. The van der Waals surface area contributed by atoms with Gasteiger partial charge in [-0.15, -0.1) is 11.3 Å². The number of aromatic nitrogens is 3. The van der Waals surface area contributed by atoms with Gasteiger partial charge in [-0.3, -0.25) is 9.36 Å². The number of H-pyrrole nitrogens is 1. The molecule has 4 aromatic rings. The van der Waals surface area contributed by atoms with Crippen LogP contribution in [0, 0.1) is 6.92 Å². The van der Waals surface area contributed by atoms with Crippen molar-refractivity contribution < 1.29 is 4.79 Å². The van der Waals surface area contributed by atoms with Crippen molar-refractivity contribution >= 4 is 27.5 Å². The maximum absolute atomic E-state index is 13.2. The molecule has 5 rings (SSSR count). The van der Waals surface area contributed by atoms with E-state index < -0.39 is 0 Å². The van der Waals surface area contributed by atoms with Crippen molar-refractivity contribution in [2.45, 2.75) is 25.8 Å². The van der Waals surface area contributed by atoms with Crippen LogP contribution in [0.3, 0.4) is 0 Å². The molecule has 0 aliphatic carbocycles. The van der Waals surface area contributed by atoms with Gasteiger partial charge in [-0.2, -0.15) is 0 Å². The van der Waals surface area contributed by atoms with Gasteiger partial charge in [0, 0.05) is 24.0 Å². The second-order valence-electron chi connectivity index (χ2n) is 7.29. The van der Waals surface area contributed by atoms with Crippen molar-refractivity contribution in [3.8, 4) is 5.69 Å². The van der Waals surface area contributed by atoms with Gasteiger partial charge in [0.1, 0.15) is 5.01 Å². The van der Waals surface area contributed by atoms with Gasteiger partial charge in [0.2, 0.25) is 0 Å². The molecular weight excluding hydrogens is 384 g/mol. The molecule has 0 bridgehead atoms. The number of aromatic amines is 1. The van der Waals surface area contributed by atoms with E-state index >= 15 is 0 Å². The molecule has 1 atom stereocenters. The van der Waals surface area contributed by atoms with Gasteiger partial charge in [-0.1, -0.05) is 12.1 Å². The standard InChI is InChI=1S/C22H20N4O2S/c1-14-13-23-22(28)26(14)16-10-8-15(9-11-16)21(27)25-12-4-6-18(25)20-24-17-5-2-3-7-19(17)29-20/h2-3,5,7-11,13,18H,4,6,12H2,1H3,(H,23,28). The van der Waals surface area contributed by atoms with Crippen molar-refractivity contribution in [2.24, 2.45) is 0 Å². The highest BCUT2D eigenvalue weighted by Gasteiger charge is 2.32. The fourth-order valence-electron chi connectivity index (χ4n) is 3.99. The summed E-state index contributed by atoms with van der Waals surface area (Å²) in [7, 11) is 0. The molecule has 1 N–H and O–H groups in total. The van der Waals surface area contributed by atoms with E-state index in [1.807, 2.05) is 42.2 Å². The first-order valence-electron chi connectivity index (χ1n) is 9.66. The fourth-order valence-corrected chi connectivity index (χ4v) is 5.11. The van der Waals surface area contributed by atoms with E-state index in [2.05, 4.69) is 11.1 Å². The van der Waals surface area contributed by atoms with Crippen molar-refractivity contribution in [1.29, 1.82) is 0 Å². The van der Waals surface area contributed by atoms with E-state index in [-0.39, 0.29) is 17.6 Å². The first-order valence-corrected chi connectivity index (χ1v) is 10.5. The summed E-state index contributed by atoms with van der Waals surface area (Å²) in [6.07, 6.45) is 3.58. The number of thiazole rings is 1. The summed E-state index contributed by atoms with van der Waals surface area (Å²) in [4.78, 5) is 34.6. The quantitative estimate of drug-likeness (QED) is 0.560. The van der Waals surface area contributed by atoms with Crippen LogP contribution in [0.15, 0.2) is 59.5 Å². The zero-order chi connectivity index (χ0) is 20.0. The fraction of sp³-hybridized carbons (Fsp3) is 0.227. The summed E-state index contributed by atoms with van der Waals surface area (Å²) < 4.78 is 2.74. The molecule has 0 spiro atoms. The number of imidazole rings is 1. The maximum Gasteiger partial charge on any atom is 0.330 e. The lowest BCUT2D eigenvalue weighted by Gasteiger charge is -2.23. The number of rotatable bonds is 3. The number of hydrogen-bond acceptors (Lipinski definition) is 4. The Bertz CT molecular complexity index is 1220. The first kappa shape index (κ1) is 17.9. The zero-order valence-corrected chi connectivity index (χ0v) is 16.8. The average molecular weight is 404 g/mol. The summed E-state index contributed by atoms with van der Waals surface area (Å²) >= 11 is 1.67. The average Bonchev–Trinajstić information content (AvgIpc) is 3.45. The molecule has 1 saturated heterocycles. The van der Waals surface area contributed by atoms with Gasteiger partial charge in [0.25, 0.3) is 5.91 Å². The Balaban J connectivity index is 1.42. The van der Waals surface area contributed by atoms with Gasteiger partial charge in [-0.05, 0) is 56.2 Å². The number of carbonyl (C=O) groups is 1. The molecule has 3 heterocycles. The van der Waals surface area contributed by atoms with Gasteiger partial charge < -0.3 is 9.88 Å². The summed E-state index contributed by atoms with van der Waals surface area (Å²) in [5, 5.41) is 1.00. The van der Waals surface area contributed by atoms with Gasteiger partial charge in [0.05, 0.1) is 21.9 Å². The summed E-state index contributed by atoms with van der Waals surface area (Å²) in [6, 6.07) is 15.3. The topological polar surface area (TPSA) is 71.0 Å². The van der Waals surface area contributed by atoms with E-state index in [0.29, 0.717) is 5.56 Å². The van der Waals surface area contributed by atoms with Gasteiger partial charge in [-0.25, -0.2) is 9.78 Å². The van der Waals surface area contributed by atoms with Gasteiger partial charge >= 0.3 is 5.69 Å². The Morgan fingerprint density at radius 3 is 2.69 bits per heavy atom. The predicted octanol–water partition coefficient (Wildman–Crippen LogP) is 4.06. The molecule has 6 nitrogen and oxygen atoms in total. The smallest absolute Gasteiger partial charge is 0.329 e. The molecule has 2 aromatic carbocycles. The SMILES string of the molecule is Cc1c[nH]c(=O)n1-c1ccc(C(=O)N2CCCC2c2nc3ccccc3s2)cc1. The van der Waals surface area contributed by atoms with Crippen molar-refractivity contribution in [3.05, 3.63) is 81.5 Å².